The molecule has 0 aliphatic carbocycles. The maximum atomic E-state index is 12.1. The Morgan fingerprint density at radius 3 is 3.00 bits per heavy atom. The summed E-state index contributed by atoms with van der Waals surface area (Å²) in [5, 5.41) is 7.75. The number of nitrogens with one attached hydrogen (secondary N) is 1. The third kappa shape index (κ3) is 2.98. The molecule has 0 saturated heterocycles. The van der Waals surface area contributed by atoms with Crippen LogP contribution < -0.4 is 5.32 Å². The van der Waals surface area contributed by atoms with Gasteiger partial charge in [0.25, 0.3) is 5.91 Å². The van der Waals surface area contributed by atoms with Crippen LogP contribution in [0.2, 0.25) is 0 Å². The largest absolute Gasteiger partial charge is 0.383 e. The van der Waals surface area contributed by atoms with Gasteiger partial charge in [-0.3, -0.25) is 9.78 Å². The lowest BCUT2D eigenvalue weighted by atomic mass is 10.1. The van der Waals surface area contributed by atoms with E-state index in [-0.39, 0.29) is 5.91 Å². The second-order valence-corrected chi connectivity index (χ2v) is 5.50. The van der Waals surface area contributed by atoms with Crippen molar-refractivity contribution in [2.45, 2.75) is 0 Å². The predicted octanol–water partition coefficient (Wildman–Crippen LogP) is 2.73. The van der Waals surface area contributed by atoms with Crippen molar-refractivity contribution in [3.63, 3.8) is 0 Å². The van der Waals surface area contributed by atoms with E-state index in [0.29, 0.717) is 18.8 Å². The summed E-state index contributed by atoms with van der Waals surface area (Å²) in [5.74, 6) is -0.202. The highest BCUT2D eigenvalue weighted by Crippen LogP contribution is 2.28. The summed E-state index contributed by atoms with van der Waals surface area (Å²) < 4.78 is 4.92. The Kier molecular flexibility index (Phi) is 4.41. The standard InChI is InChI=1S/C16H15N3O2S/c1-21-6-5-18-16(20)14-3-2-11-8-17-9-13(15(11)19-14)12-4-7-22-10-12/h2-4,7-10H,5-6H2,1H3,(H,18,20). The Labute approximate surface area is 132 Å². The van der Waals surface area contributed by atoms with Crippen LogP contribution in [-0.2, 0) is 4.74 Å². The SMILES string of the molecule is COCCNC(=O)c1ccc2cncc(-c3ccsc3)c2n1. The minimum atomic E-state index is -0.202. The van der Waals surface area contributed by atoms with Gasteiger partial charge in [0, 0.05) is 37.0 Å². The zero-order chi connectivity index (χ0) is 15.4. The van der Waals surface area contributed by atoms with Gasteiger partial charge < -0.3 is 10.1 Å². The van der Waals surface area contributed by atoms with Crippen molar-refractivity contribution in [1.29, 1.82) is 0 Å². The maximum Gasteiger partial charge on any atom is 0.269 e. The van der Waals surface area contributed by atoms with Gasteiger partial charge in [-0.15, -0.1) is 0 Å². The smallest absolute Gasteiger partial charge is 0.269 e. The van der Waals surface area contributed by atoms with Crippen LogP contribution in [0.15, 0.2) is 41.4 Å². The second kappa shape index (κ2) is 6.64. The molecule has 3 heterocycles. The molecule has 0 aliphatic heterocycles. The van der Waals surface area contributed by atoms with Gasteiger partial charge in [-0.25, -0.2) is 4.98 Å². The van der Waals surface area contributed by atoms with Crippen LogP contribution >= 0.6 is 11.3 Å². The van der Waals surface area contributed by atoms with Gasteiger partial charge in [-0.2, -0.15) is 11.3 Å². The fraction of sp³-hybridized carbons (Fsp3) is 0.188. The molecule has 3 aromatic rings. The number of fused-ring (bicyclic) bond motifs is 1. The number of carbonyl (C=O) groups excluding carboxylic acids is 1. The minimum Gasteiger partial charge on any atom is -0.383 e. The molecule has 1 N–H and O–H groups in total. The van der Waals surface area contributed by atoms with Crippen molar-refractivity contribution in [1.82, 2.24) is 15.3 Å². The van der Waals surface area contributed by atoms with E-state index >= 15 is 0 Å². The highest BCUT2D eigenvalue weighted by molar-refractivity contribution is 7.08. The summed E-state index contributed by atoms with van der Waals surface area (Å²) in [7, 11) is 1.60. The molecule has 0 atom stereocenters. The number of aromatic nitrogens is 2. The zero-order valence-corrected chi connectivity index (χ0v) is 12.9. The fourth-order valence-corrected chi connectivity index (χ4v) is 2.81. The molecule has 5 nitrogen and oxygen atoms in total. The number of hydrogen-bond acceptors (Lipinski definition) is 5. The Morgan fingerprint density at radius 2 is 2.23 bits per heavy atom. The van der Waals surface area contributed by atoms with Crippen LogP contribution in [0.3, 0.4) is 0 Å². The van der Waals surface area contributed by atoms with Crippen LogP contribution in [-0.4, -0.2) is 36.1 Å². The molecule has 22 heavy (non-hydrogen) atoms. The average Bonchev–Trinajstić information content (AvgIpc) is 3.08. The highest BCUT2D eigenvalue weighted by Gasteiger charge is 2.11. The van der Waals surface area contributed by atoms with E-state index in [2.05, 4.69) is 15.3 Å². The molecule has 0 saturated carbocycles. The Hall–Kier alpha value is -2.31. The van der Waals surface area contributed by atoms with Gasteiger partial charge in [0.2, 0.25) is 0 Å². The minimum absolute atomic E-state index is 0.202. The van der Waals surface area contributed by atoms with Gasteiger partial charge in [0.05, 0.1) is 12.1 Å². The first-order valence-electron chi connectivity index (χ1n) is 6.84. The molecular weight excluding hydrogens is 298 g/mol. The molecule has 0 aliphatic rings. The van der Waals surface area contributed by atoms with Crippen LogP contribution in [0.4, 0.5) is 0 Å². The molecule has 3 aromatic heterocycles. The number of amides is 1. The van der Waals surface area contributed by atoms with Crippen LogP contribution in [0.1, 0.15) is 10.5 Å². The van der Waals surface area contributed by atoms with E-state index in [0.717, 1.165) is 22.0 Å². The van der Waals surface area contributed by atoms with Crippen LogP contribution in [0.25, 0.3) is 22.0 Å². The molecule has 0 spiro atoms. The Balaban J connectivity index is 1.98. The summed E-state index contributed by atoms with van der Waals surface area (Å²) in [6.07, 6.45) is 3.54. The molecule has 112 valence electrons. The summed E-state index contributed by atoms with van der Waals surface area (Å²) >= 11 is 1.62. The normalized spacial score (nSPS) is 10.8. The molecule has 0 bridgehead atoms. The van der Waals surface area contributed by atoms with E-state index in [9.17, 15) is 4.79 Å². The number of methoxy groups -OCH3 is 1. The number of thiophene rings is 1. The summed E-state index contributed by atoms with van der Waals surface area (Å²) in [5.41, 5.74) is 3.18. The van der Waals surface area contributed by atoms with Gasteiger partial charge in [0.1, 0.15) is 5.69 Å². The first-order valence-corrected chi connectivity index (χ1v) is 7.78. The van der Waals surface area contributed by atoms with Gasteiger partial charge >= 0.3 is 0 Å². The van der Waals surface area contributed by atoms with Crippen molar-refractivity contribution in [3.05, 3.63) is 47.0 Å². The average molecular weight is 313 g/mol. The number of nitrogens with zero attached hydrogens (tertiary/aromatic N) is 2. The first-order chi connectivity index (χ1) is 10.8. The highest BCUT2D eigenvalue weighted by atomic mass is 32.1. The van der Waals surface area contributed by atoms with E-state index in [1.165, 1.54) is 0 Å². The molecule has 1 amide bonds. The van der Waals surface area contributed by atoms with E-state index in [1.54, 1.807) is 36.9 Å². The van der Waals surface area contributed by atoms with Crippen LogP contribution in [0.5, 0.6) is 0 Å². The number of ether oxygens (including phenoxy) is 1. The number of hydrogen-bond donors (Lipinski definition) is 1. The van der Waals surface area contributed by atoms with E-state index in [1.807, 2.05) is 22.9 Å². The van der Waals surface area contributed by atoms with Gasteiger partial charge in [-0.05, 0) is 34.5 Å². The molecule has 0 aromatic carbocycles. The van der Waals surface area contributed by atoms with Crippen molar-refractivity contribution in [3.8, 4) is 11.1 Å². The quantitative estimate of drug-likeness (QED) is 0.736. The second-order valence-electron chi connectivity index (χ2n) is 4.72. The van der Waals surface area contributed by atoms with Crippen molar-refractivity contribution >= 4 is 28.1 Å². The monoisotopic (exact) mass is 313 g/mol. The van der Waals surface area contributed by atoms with E-state index in [4.69, 9.17) is 4.74 Å². The number of carbonyl (C=O) groups is 1. The number of pyridine rings is 2. The lowest BCUT2D eigenvalue weighted by Gasteiger charge is -2.07. The lowest BCUT2D eigenvalue weighted by Crippen LogP contribution is -2.27. The zero-order valence-electron chi connectivity index (χ0n) is 12.1. The summed E-state index contributed by atoms with van der Waals surface area (Å²) in [6, 6.07) is 5.61. The third-order valence-corrected chi connectivity index (χ3v) is 3.94. The maximum absolute atomic E-state index is 12.1. The lowest BCUT2D eigenvalue weighted by molar-refractivity contribution is 0.0932. The van der Waals surface area contributed by atoms with E-state index < -0.39 is 0 Å². The fourth-order valence-electron chi connectivity index (χ4n) is 2.16. The Bertz CT molecular complexity index is 787. The molecular formula is C16H15N3O2S. The van der Waals surface area contributed by atoms with Gasteiger partial charge in [-0.1, -0.05) is 0 Å². The van der Waals surface area contributed by atoms with Crippen LogP contribution in [0, 0.1) is 0 Å². The molecule has 0 fully saturated rings. The first kappa shape index (κ1) is 14.6. The molecule has 0 radical (unpaired) electrons. The summed E-state index contributed by atoms with van der Waals surface area (Å²) in [4.78, 5) is 20.9. The molecule has 3 rings (SSSR count). The van der Waals surface area contributed by atoms with Gasteiger partial charge in [0.15, 0.2) is 0 Å². The van der Waals surface area contributed by atoms with Crippen molar-refractivity contribution in [2.24, 2.45) is 0 Å². The summed E-state index contributed by atoms with van der Waals surface area (Å²) in [6.45, 7) is 0.937. The van der Waals surface area contributed by atoms with Crippen molar-refractivity contribution < 1.29 is 9.53 Å². The Morgan fingerprint density at radius 1 is 1.32 bits per heavy atom. The molecule has 0 unspecified atom stereocenters. The number of rotatable bonds is 5. The topological polar surface area (TPSA) is 64.1 Å². The van der Waals surface area contributed by atoms with Crippen molar-refractivity contribution in [2.75, 3.05) is 20.3 Å². The predicted molar refractivity (Wildman–Crippen MR) is 87.1 cm³/mol. The third-order valence-electron chi connectivity index (χ3n) is 3.26. The molecule has 6 heteroatoms.